The van der Waals surface area contributed by atoms with Gasteiger partial charge in [0.2, 0.25) is 0 Å². The topological polar surface area (TPSA) is 52.3 Å². The molecule has 18 heavy (non-hydrogen) atoms. The van der Waals surface area contributed by atoms with Gasteiger partial charge in [0.25, 0.3) is 0 Å². The van der Waals surface area contributed by atoms with Crippen molar-refractivity contribution in [3.63, 3.8) is 0 Å². The lowest BCUT2D eigenvalue weighted by Gasteiger charge is -2.06. The van der Waals surface area contributed by atoms with Crippen LogP contribution in [0, 0.1) is 5.82 Å². The number of thiophene rings is 1. The third kappa shape index (κ3) is 2.70. The first kappa shape index (κ1) is 13.0. The Kier molecular flexibility index (Phi) is 3.98. The van der Waals surface area contributed by atoms with E-state index in [9.17, 15) is 9.18 Å². The van der Waals surface area contributed by atoms with Crippen molar-refractivity contribution in [2.45, 2.75) is 6.61 Å². The SMILES string of the molecule is Nc1ccsc1C(=O)OCc1cccc(F)c1Br. The van der Waals surface area contributed by atoms with Crippen LogP contribution in [-0.4, -0.2) is 5.97 Å². The molecule has 2 rings (SSSR count). The van der Waals surface area contributed by atoms with Crippen LogP contribution in [0.4, 0.5) is 10.1 Å². The van der Waals surface area contributed by atoms with E-state index in [2.05, 4.69) is 15.9 Å². The zero-order valence-corrected chi connectivity index (χ0v) is 11.6. The Balaban J connectivity index is 2.06. The molecule has 2 N–H and O–H groups in total. The number of carbonyl (C=O) groups excluding carboxylic acids is 1. The van der Waals surface area contributed by atoms with Gasteiger partial charge in [-0.2, -0.15) is 0 Å². The number of halogens is 2. The molecule has 0 aliphatic rings. The summed E-state index contributed by atoms with van der Waals surface area (Å²) in [5.41, 5.74) is 6.56. The standard InChI is InChI=1S/C12H9BrFNO2S/c13-10-7(2-1-3-8(10)14)6-17-12(16)11-9(15)4-5-18-11/h1-5H,6,15H2. The van der Waals surface area contributed by atoms with Gasteiger partial charge in [0.1, 0.15) is 17.3 Å². The Bertz CT molecular complexity index is 585. The van der Waals surface area contributed by atoms with Gasteiger partial charge >= 0.3 is 5.97 Å². The molecule has 1 aromatic carbocycles. The van der Waals surface area contributed by atoms with Crippen LogP contribution in [0.15, 0.2) is 34.1 Å². The molecule has 0 amide bonds. The van der Waals surface area contributed by atoms with Crippen LogP contribution in [0.5, 0.6) is 0 Å². The molecule has 1 aromatic heterocycles. The minimum atomic E-state index is -0.501. The van der Waals surface area contributed by atoms with Gasteiger partial charge in [0, 0.05) is 5.56 Å². The van der Waals surface area contributed by atoms with Crippen molar-refractivity contribution in [2.75, 3.05) is 5.73 Å². The van der Waals surface area contributed by atoms with Gasteiger partial charge in [-0.05, 0) is 33.4 Å². The van der Waals surface area contributed by atoms with Crippen LogP contribution in [0.25, 0.3) is 0 Å². The predicted molar refractivity (Wildman–Crippen MR) is 72.0 cm³/mol. The summed E-state index contributed by atoms with van der Waals surface area (Å²) in [5, 5.41) is 1.71. The lowest BCUT2D eigenvalue weighted by Crippen LogP contribution is -2.06. The third-order valence-corrected chi connectivity index (χ3v) is 4.07. The van der Waals surface area contributed by atoms with Crippen molar-refractivity contribution in [3.8, 4) is 0 Å². The summed E-state index contributed by atoms with van der Waals surface area (Å²) < 4.78 is 18.6. The maximum absolute atomic E-state index is 13.2. The van der Waals surface area contributed by atoms with Gasteiger partial charge in [-0.1, -0.05) is 12.1 Å². The molecule has 6 heteroatoms. The quantitative estimate of drug-likeness (QED) is 0.875. The van der Waals surface area contributed by atoms with E-state index in [1.807, 2.05) is 0 Å². The number of hydrogen-bond donors (Lipinski definition) is 1. The highest BCUT2D eigenvalue weighted by molar-refractivity contribution is 9.10. The summed E-state index contributed by atoms with van der Waals surface area (Å²) in [7, 11) is 0. The summed E-state index contributed by atoms with van der Waals surface area (Å²) in [6.07, 6.45) is 0. The number of carbonyl (C=O) groups is 1. The molecule has 3 nitrogen and oxygen atoms in total. The van der Waals surface area contributed by atoms with E-state index in [-0.39, 0.29) is 12.4 Å². The summed E-state index contributed by atoms with van der Waals surface area (Å²) in [6.45, 7) is -0.00544. The van der Waals surface area contributed by atoms with Crippen LogP contribution < -0.4 is 5.73 Å². The van der Waals surface area contributed by atoms with Crippen molar-refractivity contribution in [1.29, 1.82) is 0 Å². The second kappa shape index (κ2) is 5.49. The van der Waals surface area contributed by atoms with Crippen LogP contribution in [0.3, 0.4) is 0 Å². The van der Waals surface area contributed by atoms with Crippen molar-refractivity contribution < 1.29 is 13.9 Å². The minimum Gasteiger partial charge on any atom is -0.457 e. The highest BCUT2D eigenvalue weighted by atomic mass is 79.9. The Morgan fingerprint density at radius 2 is 2.22 bits per heavy atom. The highest BCUT2D eigenvalue weighted by Gasteiger charge is 2.14. The number of esters is 1. The smallest absolute Gasteiger partial charge is 0.350 e. The first-order valence-corrected chi connectivity index (χ1v) is 6.70. The largest absolute Gasteiger partial charge is 0.457 e. The Morgan fingerprint density at radius 1 is 1.44 bits per heavy atom. The first-order valence-electron chi connectivity index (χ1n) is 5.02. The second-order valence-corrected chi connectivity index (χ2v) is 5.20. The molecule has 94 valence electrons. The zero-order chi connectivity index (χ0) is 13.1. The average molecular weight is 330 g/mol. The van der Waals surface area contributed by atoms with Gasteiger partial charge < -0.3 is 10.5 Å². The Labute approximate surface area is 116 Å². The number of hydrogen-bond acceptors (Lipinski definition) is 4. The van der Waals surface area contributed by atoms with E-state index >= 15 is 0 Å². The van der Waals surface area contributed by atoms with E-state index in [1.165, 1.54) is 17.4 Å². The molecule has 0 aliphatic carbocycles. The number of anilines is 1. The monoisotopic (exact) mass is 329 g/mol. The van der Waals surface area contributed by atoms with Gasteiger partial charge in [-0.25, -0.2) is 9.18 Å². The van der Waals surface area contributed by atoms with E-state index in [1.54, 1.807) is 23.6 Å². The molecule has 0 aliphatic heterocycles. The minimum absolute atomic E-state index is 0.00544. The third-order valence-electron chi connectivity index (χ3n) is 2.27. The Hall–Kier alpha value is -1.40. The number of rotatable bonds is 3. The van der Waals surface area contributed by atoms with Crippen molar-refractivity contribution in [1.82, 2.24) is 0 Å². The van der Waals surface area contributed by atoms with E-state index in [0.29, 0.717) is 20.6 Å². The van der Waals surface area contributed by atoms with Crippen molar-refractivity contribution in [2.24, 2.45) is 0 Å². The van der Waals surface area contributed by atoms with E-state index in [0.717, 1.165) is 0 Å². The number of nitrogens with two attached hydrogens (primary N) is 1. The summed E-state index contributed by atoms with van der Waals surface area (Å²) >= 11 is 4.32. The summed E-state index contributed by atoms with van der Waals surface area (Å²) in [6, 6.07) is 6.20. The molecule has 0 spiro atoms. The molecule has 0 saturated carbocycles. The van der Waals surface area contributed by atoms with Crippen molar-refractivity contribution >= 4 is 38.9 Å². The van der Waals surface area contributed by atoms with Gasteiger partial charge in [0.15, 0.2) is 0 Å². The molecule has 1 heterocycles. The van der Waals surface area contributed by atoms with Crippen LogP contribution in [0.1, 0.15) is 15.2 Å². The predicted octanol–water partition coefficient (Wildman–Crippen LogP) is 3.59. The first-order chi connectivity index (χ1) is 8.59. The maximum Gasteiger partial charge on any atom is 0.350 e. The zero-order valence-electron chi connectivity index (χ0n) is 9.15. The Morgan fingerprint density at radius 3 is 2.89 bits per heavy atom. The van der Waals surface area contributed by atoms with E-state index < -0.39 is 5.97 Å². The molecule has 0 atom stereocenters. The fourth-order valence-electron chi connectivity index (χ4n) is 1.35. The van der Waals surface area contributed by atoms with E-state index in [4.69, 9.17) is 10.5 Å². The molecule has 0 bridgehead atoms. The summed E-state index contributed by atoms with van der Waals surface area (Å²) in [5.74, 6) is -0.891. The number of nitrogen functional groups attached to an aromatic ring is 1. The fraction of sp³-hybridized carbons (Fsp3) is 0.0833. The maximum atomic E-state index is 13.2. The molecular formula is C12H9BrFNO2S. The van der Waals surface area contributed by atoms with Crippen molar-refractivity contribution in [3.05, 3.63) is 50.4 Å². The second-order valence-electron chi connectivity index (χ2n) is 3.49. The lowest BCUT2D eigenvalue weighted by molar-refractivity contribution is 0.0478. The van der Waals surface area contributed by atoms with Crippen LogP contribution in [0.2, 0.25) is 0 Å². The molecule has 0 fully saturated rings. The van der Waals surface area contributed by atoms with Gasteiger partial charge in [0.05, 0.1) is 10.2 Å². The summed E-state index contributed by atoms with van der Waals surface area (Å²) in [4.78, 5) is 12.1. The van der Waals surface area contributed by atoms with Crippen LogP contribution in [-0.2, 0) is 11.3 Å². The molecule has 2 aromatic rings. The fourth-order valence-corrected chi connectivity index (χ4v) is 2.44. The average Bonchev–Trinajstić information content (AvgIpc) is 2.77. The molecule has 0 saturated heterocycles. The normalized spacial score (nSPS) is 10.3. The molecular weight excluding hydrogens is 321 g/mol. The highest BCUT2D eigenvalue weighted by Crippen LogP contribution is 2.23. The molecule has 0 radical (unpaired) electrons. The number of benzene rings is 1. The lowest BCUT2D eigenvalue weighted by atomic mass is 10.2. The number of ether oxygens (including phenoxy) is 1. The van der Waals surface area contributed by atoms with Gasteiger partial charge in [-0.15, -0.1) is 11.3 Å². The molecule has 0 unspecified atom stereocenters. The van der Waals surface area contributed by atoms with Gasteiger partial charge in [-0.3, -0.25) is 0 Å². The van der Waals surface area contributed by atoms with Crippen LogP contribution >= 0.6 is 27.3 Å².